The fraction of sp³-hybridized carbons (Fsp3) is 0.500. The Morgan fingerprint density at radius 2 is 1.87 bits per heavy atom. The molecule has 1 aromatic heterocycles. The maximum absolute atomic E-state index is 12.4. The summed E-state index contributed by atoms with van der Waals surface area (Å²) in [7, 11) is 1.67. The van der Waals surface area contributed by atoms with Crippen molar-refractivity contribution in [3.8, 4) is 11.3 Å². The van der Waals surface area contributed by atoms with Gasteiger partial charge < -0.3 is 10.1 Å². The van der Waals surface area contributed by atoms with E-state index in [4.69, 9.17) is 9.57 Å². The molecule has 0 unspecified atom stereocenters. The zero-order chi connectivity index (χ0) is 23.0. The lowest BCUT2D eigenvalue weighted by Gasteiger charge is -2.22. The molecule has 0 aliphatic heterocycles. The van der Waals surface area contributed by atoms with Crippen molar-refractivity contribution in [1.29, 1.82) is 0 Å². The number of alkyl carbamates (subject to hydrolysis) is 1. The number of aryl methyl sites for hydroxylation is 1. The highest BCUT2D eigenvalue weighted by molar-refractivity contribution is 6.76. The molecule has 0 fully saturated rings. The van der Waals surface area contributed by atoms with E-state index in [1.165, 1.54) is 7.11 Å². The summed E-state index contributed by atoms with van der Waals surface area (Å²) >= 11 is 0. The second kappa shape index (κ2) is 11.1. The second-order valence-electron chi connectivity index (χ2n) is 8.58. The Bertz CT molecular complexity index is 861. The third-order valence-electron chi connectivity index (χ3n) is 5.01. The van der Waals surface area contributed by atoms with Crippen molar-refractivity contribution >= 4 is 20.1 Å². The highest BCUT2D eigenvalue weighted by atomic mass is 28.3. The van der Waals surface area contributed by atoms with Crippen molar-refractivity contribution in [2.45, 2.75) is 51.6 Å². The Hall–Kier alpha value is -2.65. The van der Waals surface area contributed by atoms with Crippen molar-refractivity contribution in [3.63, 3.8) is 0 Å². The number of hydroxylamine groups is 2. The Balaban J connectivity index is 2.15. The summed E-state index contributed by atoms with van der Waals surface area (Å²) < 4.78 is 7.28. The standard InChI is InChI=1S/C22H34N4O4Si/c1-7-26-20(12-13-23-26)18-10-8-17(9-11-18)19(16-21(27)25(2)29-3)24-22(28)30-14-15-31(4,5)6/h8-13,19H,7,14-16H2,1-6H3,(H,24,28)/t19-/m0/s1. The van der Waals surface area contributed by atoms with Crippen molar-refractivity contribution in [2.75, 3.05) is 20.8 Å². The van der Waals surface area contributed by atoms with E-state index in [9.17, 15) is 9.59 Å². The van der Waals surface area contributed by atoms with Crippen LogP contribution in [0.5, 0.6) is 0 Å². The van der Waals surface area contributed by atoms with Gasteiger partial charge in [-0.15, -0.1) is 0 Å². The molecule has 2 amide bonds. The maximum atomic E-state index is 12.4. The predicted molar refractivity (Wildman–Crippen MR) is 123 cm³/mol. The van der Waals surface area contributed by atoms with E-state index in [-0.39, 0.29) is 12.3 Å². The number of nitrogens with one attached hydrogen (secondary N) is 1. The van der Waals surface area contributed by atoms with Crippen LogP contribution in [0.15, 0.2) is 36.5 Å². The number of ether oxygens (including phenoxy) is 1. The minimum Gasteiger partial charge on any atom is -0.450 e. The van der Waals surface area contributed by atoms with Gasteiger partial charge in [-0.2, -0.15) is 5.10 Å². The lowest BCUT2D eigenvalue weighted by molar-refractivity contribution is -0.169. The summed E-state index contributed by atoms with van der Waals surface area (Å²) in [5, 5.41) is 8.30. The van der Waals surface area contributed by atoms with Gasteiger partial charge in [-0.1, -0.05) is 43.9 Å². The first-order valence-corrected chi connectivity index (χ1v) is 14.2. The second-order valence-corrected chi connectivity index (χ2v) is 14.2. The van der Waals surface area contributed by atoms with Gasteiger partial charge in [0.05, 0.1) is 31.9 Å². The number of benzene rings is 1. The fourth-order valence-corrected chi connectivity index (χ4v) is 3.72. The number of nitrogens with zero attached hydrogens (tertiary/aromatic N) is 3. The summed E-state index contributed by atoms with van der Waals surface area (Å²) in [6, 6.07) is 10.1. The molecule has 0 saturated carbocycles. The zero-order valence-electron chi connectivity index (χ0n) is 19.3. The molecule has 31 heavy (non-hydrogen) atoms. The van der Waals surface area contributed by atoms with Crippen LogP contribution in [0.3, 0.4) is 0 Å². The molecule has 0 saturated heterocycles. The van der Waals surface area contributed by atoms with Crippen LogP contribution in [0, 0.1) is 0 Å². The monoisotopic (exact) mass is 446 g/mol. The first kappa shape index (κ1) is 24.6. The molecule has 9 heteroatoms. The van der Waals surface area contributed by atoms with E-state index in [1.807, 2.05) is 41.9 Å². The highest BCUT2D eigenvalue weighted by Crippen LogP contribution is 2.24. The normalized spacial score (nSPS) is 12.3. The minimum absolute atomic E-state index is 0.0553. The largest absolute Gasteiger partial charge is 0.450 e. The highest BCUT2D eigenvalue weighted by Gasteiger charge is 2.22. The van der Waals surface area contributed by atoms with E-state index in [0.717, 1.165) is 34.5 Å². The number of amides is 2. The van der Waals surface area contributed by atoms with Gasteiger partial charge in [0.2, 0.25) is 5.91 Å². The van der Waals surface area contributed by atoms with Gasteiger partial charge in [0.1, 0.15) is 0 Å². The first-order valence-electron chi connectivity index (χ1n) is 10.5. The van der Waals surface area contributed by atoms with Gasteiger partial charge >= 0.3 is 6.09 Å². The predicted octanol–water partition coefficient (Wildman–Crippen LogP) is 4.09. The smallest absolute Gasteiger partial charge is 0.407 e. The number of carbonyl (C=O) groups excluding carboxylic acids is 2. The van der Waals surface area contributed by atoms with Crippen LogP contribution in [0.1, 0.15) is 24.9 Å². The summed E-state index contributed by atoms with van der Waals surface area (Å²) in [5.74, 6) is -0.247. The molecule has 0 spiro atoms. The summed E-state index contributed by atoms with van der Waals surface area (Å²) in [6.45, 7) is 9.86. The Kier molecular flexibility index (Phi) is 8.82. The molecule has 2 aromatic rings. The van der Waals surface area contributed by atoms with Crippen molar-refractivity contribution in [1.82, 2.24) is 20.2 Å². The SMILES string of the molecule is CCn1nccc1-c1ccc([C@H](CC(=O)N(C)OC)NC(=O)OCC[Si](C)(C)C)cc1. The Labute approximate surface area is 185 Å². The van der Waals surface area contributed by atoms with Crippen LogP contribution < -0.4 is 5.32 Å². The number of hydrogen-bond donors (Lipinski definition) is 1. The third-order valence-corrected chi connectivity index (χ3v) is 6.71. The lowest BCUT2D eigenvalue weighted by Crippen LogP contribution is -2.35. The van der Waals surface area contributed by atoms with Gasteiger partial charge in [-0.3, -0.25) is 14.3 Å². The van der Waals surface area contributed by atoms with Crippen LogP contribution >= 0.6 is 0 Å². The first-order chi connectivity index (χ1) is 14.6. The van der Waals surface area contributed by atoms with Gasteiger partial charge in [-0.25, -0.2) is 9.86 Å². The van der Waals surface area contributed by atoms with Gasteiger partial charge in [0.15, 0.2) is 0 Å². The van der Waals surface area contributed by atoms with E-state index < -0.39 is 20.2 Å². The van der Waals surface area contributed by atoms with E-state index >= 15 is 0 Å². The number of aromatic nitrogens is 2. The quantitative estimate of drug-likeness (QED) is 0.439. The molecule has 2 rings (SSSR count). The van der Waals surface area contributed by atoms with Gasteiger partial charge in [0.25, 0.3) is 0 Å². The Morgan fingerprint density at radius 1 is 1.19 bits per heavy atom. The molecule has 0 aliphatic carbocycles. The summed E-state index contributed by atoms with van der Waals surface area (Å²) in [6.07, 6.45) is 1.30. The van der Waals surface area contributed by atoms with Crippen molar-refractivity contribution in [2.24, 2.45) is 0 Å². The third kappa shape index (κ3) is 7.52. The van der Waals surface area contributed by atoms with Crippen LogP contribution in [0.4, 0.5) is 4.79 Å². The van der Waals surface area contributed by atoms with Gasteiger partial charge in [-0.05, 0) is 30.2 Å². The fourth-order valence-electron chi connectivity index (χ4n) is 3.01. The zero-order valence-corrected chi connectivity index (χ0v) is 20.3. The maximum Gasteiger partial charge on any atom is 0.407 e. The van der Waals surface area contributed by atoms with E-state index in [2.05, 4.69) is 30.1 Å². The number of carbonyl (C=O) groups is 2. The van der Waals surface area contributed by atoms with E-state index in [1.54, 1.807) is 13.2 Å². The van der Waals surface area contributed by atoms with E-state index in [0.29, 0.717) is 6.61 Å². The lowest BCUT2D eigenvalue weighted by atomic mass is 10.0. The van der Waals surface area contributed by atoms with Crippen molar-refractivity contribution in [3.05, 3.63) is 42.1 Å². The van der Waals surface area contributed by atoms with Crippen molar-refractivity contribution < 1.29 is 19.2 Å². The molecule has 170 valence electrons. The molecular weight excluding hydrogens is 412 g/mol. The van der Waals surface area contributed by atoms with Gasteiger partial charge in [0, 0.05) is 27.9 Å². The topological polar surface area (TPSA) is 85.7 Å². The summed E-state index contributed by atoms with van der Waals surface area (Å²) in [4.78, 5) is 29.8. The average Bonchev–Trinajstić information content (AvgIpc) is 3.20. The number of rotatable bonds is 10. The van der Waals surface area contributed by atoms with Crippen LogP contribution in [0.25, 0.3) is 11.3 Å². The molecule has 8 nitrogen and oxygen atoms in total. The molecule has 0 radical (unpaired) electrons. The molecule has 1 N–H and O–H groups in total. The van der Waals surface area contributed by atoms with Crippen LogP contribution in [-0.4, -0.2) is 55.7 Å². The molecular formula is C22H34N4O4Si. The number of hydrogen-bond acceptors (Lipinski definition) is 5. The molecule has 1 atom stereocenters. The minimum atomic E-state index is -1.30. The Morgan fingerprint density at radius 3 is 2.45 bits per heavy atom. The molecule has 1 aromatic carbocycles. The van der Waals surface area contributed by atoms with Crippen LogP contribution in [-0.2, 0) is 20.9 Å². The molecule has 1 heterocycles. The van der Waals surface area contributed by atoms with Crippen LogP contribution in [0.2, 0.25) is 25.7 Å². The average molecular weight is 447 g/mol. The molecule has 0 bridgehead atoms. The molecule has 0 aliphatic rings. The summed E-state index contributed by atoms with van der Waals surface area (Å²) in [5.41, 5.74) is 2.84.